The third-order valence-electron chi connectivity index (χ3n) is 5.79. The van der Waals surface area contributed by atoms with Crippen molar-refractivity contribution in [2.75, 3.05) is 19.8 Å². The third kappa shape index (κ3) is 2.20. The molecule has 1 aliphatic heterocycles. The molecule has 1 aromatic heterocycles. The molecule has 21 heavy (non-hydrogen) atoms. The Morgan fingerprint density at radius 2 is 2.24 bits per heavy atom. The van der Waals surface area contributed by atoms with Gasteiger partial charge in [-0.2, -0.15) is 0 Å². The van der Waals surface area contributed by atoms with Crippen molar-refractivity contribution in [2.45, 2.75) is 31.7 Å². The zero-order chi connectivity index (χ0) is 14.4. The topological polar surface area (TPSA) is 34.5 Å². The minimum Gasteiger partial charge on any atom is -0.377 e. The molecule has 114 valence electrons. The maximum Gasteiger partial charge on any atom is 0.226 e. The summed E-state index contributed by atoms with van der Waals surface area (Å²) in [5.41, 5.74) is 1.19. The lowest BCUT2D eigenvalue weighted by molar-refractivity contribution is -0.146. The van der Waals surface area contributed by atoms with Crippen LogP contribution in [-0.4, -0.2) is 35.1 Å². The normalized spacial score (nSPS) is 35.4. The monoisotopic (exact) mass is 288 g/mol. The lowest BCUT2D eigenvalue weighted by Crippen LogP contribution is -2.47. The van der Waals surface area contributed by atoms with E-state index >= 15 is 0 Å². The first-order chi connectivity index (χ1) is 10.2. The molecule has 1 saturated heterocycles. The number of carbonyl (C=O) groups is 1. The Labute approximate surface area is 126 Å². The molecule has 0 unspecified atom stereocenters. The standard InChI is InChI=1S/C17H24N2O2/c1-18-6-2-3-15(18)16-11-21-8-7-19(16)17(20)14-10-12-4-5-13(14)9-12/h2-3,6,12-14,16H,4-5,7-11H2,1H3/t12-,13-,14+,16+/m0/s1. The highest BCUT2D eigenvalue weighted by Gasteiger charge is 2.46. The summed E-state index contributed by atoms with van der Waals surface area (Å²) in [5.74, 6) is 2.14. The number of aryl methyl sites for hydroxylation is 1. The van der Waals surface area contributed by atoms with E-state index < -0.39 is 0 Å². The number of nitrogens with zero attached hydrogens (tertiary/aromatic N) is 2. The molecule has 0 aromatic carbocycles. The Morgan fingerprint density at radius 3 is 2.90 bits per heavy atom. The molecule has 1 amide bonds. The smallest absolute Gasteiger partial charge is 0.226 e. The SMILES string of the molecule is Cn1cccc1[C@H]1COCCN1C(=O)[C@@H]1C[C@H]2CC[C@H]1C2. The van der Waals surface area contributed by atoms with Crippen LogP contribution in [-0.2, 0) is 16.6 Å². The zero-order valence-corrected chi connectivity index (χ0v) is 12.7. The van der Waals surface area contributed by atoms with Crippen molar-refractivity contribution in [2.24, 2.45) is 24.8 Å². The Kier molecular flexibility index (Phi) is 3.29. The number of fused-ring (bicyclic) bond motifs is 2. The summed E-state index contributed by atoms with van der Waals surface area (Å²) in [4.78, 5) is 15.2. The van der Waals surface area contributed by atoms with E-state index in [1.165, 1.54) is 25.0 Å². The molecule has 0 N–H and O–H groups in total. The van der Waals surface area contributed by atoms with Gasteiger partial charge < -0.3 is 14.2 Å². The minimum absolute atomic E-state index is 0.0883. The Morgan fingerprint density at radius 1 is 1.33 bits per heavy atom. The van der Waals surface area contributed by atoms with Crippen LogP contribution in [0.25, 0.3) is 0 Å². The van der Waals surface area contributed by atoms with Gasteiger partial charge in [0.25, 0.3) is 0 Å². The van der Waals surface area contributed by atoms with Crippen LogP contribution in [0, 0.1) is 17.8 Å². The van der Waals surface area contributed by atoms with E-state index in [2.05, 4.69) is 15.5 Å². The predicted octanol–water partition coefficient (Wildman–Crippen LogP) is 2.36. The second kappa shape index (κ2) is 5.16. The van der Waals surface area contributed by atoms with E-state index in [4.69, 9.17) is 4.74 Å². The van der Waals surface area contributed by atoms with E-state index in [-0.39, 0.29) is 12.0 Å². The summed E-state index contributed by atoms with van der Waals surface area (Å²) in [6.45, 7) is 2.04. The molecule has 2 bridgehead atoms. The van der Waals surface area contributed by atoms with Gasteiger partial charge in [0.15, 0.2) is 0 Å². The number of morpholine rings is 1. The van der Waals surface area contributed by atoms with E-state index in [1.54, 1.807) is 0 Å². The maximum atomic E-state index is 13.1. The van der Waals surface area contributed by atoms with E-state index in [9.17, 15) is 4.79 Å². The Bertz CT molecular complexity index is 539. The van der Waals surface area contributed by atoms with Crippen molar-refractivity contribution in [1.29, 1.82) is 0 Å². The molecule has 3 fully saturated rings. The molecular weight excluding hydrogens is 264 g/mol. The van der Waals surface area contributed by atoms with E-state index in [1.807, 2.05) is 19.3 Å². The van der Waals surface area contributed by atoms with Crippen molar-refractivity contribution in [1.82, 2.24) is 9.47 Å². The fourth-order valence-corrected chi connectivity index (χ4v) is 4.69. The molecular formula is C17H24N2O2. The van der Waals surface area contributed by atoms with Crippen molar-refractivity contribution in [3.05, 3.63) is 24.0 Å². The average Bonchev–Trinajstić information content (AvgIpc) is 3.22. The Hall–Kier alpha value is -1.29. The van der Waals surface area contributed by atoms with Gasteiger partial charge in [-0.3, -0.25) is 4.79 Å². The van der Waals surface area contributed by atoms with Crippen LogP contribution in [0.4, 0.5) is 0 Å². The highest BCUT2D eigenvalue weighted by atomic mass is 16.5. The van der Waals surface area contributed by atoms with Crippen LogP contribution in [0.5, 0.6) is 0 Å². The van der Waals surface area contributed by atoms with E-state index in [0.717, 1.165) is 18.9 Å². The van der Waals surface area contributed by atoms with Gasteiger partial charge in [0.2, 0.25) is 5.91 Å². The second-order valence-corrected chi connectivity index (χ2v) is 6.95. The molecule has 4 nitrogen and oxygen atoms in total. The van der Waals surface area contributed by atoms with Gasteiger partial charge in [-0.15, -0.1) is 0 Å². The molecule has 2 aliphatic carbocycles. The molecule has 0 radical (unpaired) electrons. The number of carbonyl (C=O) groups excluding carboxylic acids is 1. The first-order valence-corrected chi connectivity index (χ1v) is 8.23. The molecule has 4 rings (SSSR count). The molecule has 2 saturated carbocycles. The lowest BCUT2D eigenvalue weighted by atomic mass is 9.87. The number of amides is 1. The summed E-state index contributed by atoms with van der Waals surface area (Å²) < 4.78 is 7.77. The van der Waals surface area contributed by atoms with Gasteiger partial charge in [-0.25, -0.2) is 0 Å². The van der Waals surface area contributed by atoms with Crippen LogP contribution in [0.2, 0.25) is 0 Å². The Balaban J connectivity index is 1.57. The van der Waals surface area contributed by atoms with Gasteiger partial charge >= 0.3 is 0 Å². The fraction of sp³-hybridized carbons (Fsp3) is 0.706. The number of aromatic nitrogens is 1. The molecule has 0 spiro atoms. The summed E-state index contributed by atoms with van der Waals surface area (Å²) in [7, 11) is 2.05. The zero-order valence-electron chi connectivity index (χ0n) is 12.7. The van der Waals surface area contributed by atoms with Crippen molar-refractivity contribution < 1.29 is 9.53 Å². The van der Waals surface area contributed by atoms with Crippen LogP contribution in [0.15, 0.2) is 18.3 Å². The molecule has 1 aromatic rings. The van der Waals surface area contributed by atoms with E-state index in [0.29, 0.717) is 25.0 Å². The summed E-state index contributed by atoms with van der Waals surface area (Å²) in [5, 5.41) is 0. The summed E-state index contributed by atoms with van der Waals surface area (Å²) in [6.07, 6.45) is 7.07. The predicted molar refractivity (Wildman–Crippen MR) is 79.6 cm³/mol. The number of rotatable bonds is 2. The highest BCUT2D eigenvalue weighted by Crippen LogP contribution is 2.49. The van der Waals surface area contributed by atoms with Crippen LogP contribution in [0.3, 0.4) is 0 Å². The molecule has 3 aliphatic rings. The summed E-state index contributed by atoms with van der Waals surface area (Å²) >= 11 is 0. The van der Waals surface area contributed by atoms with Crippen molar-refractivity contribution >= 4 is 5.91 Å². The number of ether oxygens (including phenoxy) is 1. The largest absolute Gasteiger partial charge is 0.377 e. The minimum atomic E-state index is 0.0883. The van der Waals surface area contributed by atoms with Gasteiger partial charge in [-0.05, 0) is 43.2 Å². The fourth-order valence-electron chi connectivity index (χ4n) is 4.69. The number of hydrogen-bond donors (Lipinski definition) is 0. The van der Waals surface area contributed by atoms with Crippen LogP contribution in [0.1, 0.15) is 37.4 Å². The second-order valence-electron chi connectivity index (χ2n) is 6.95. The van der Waals surface area contributed by atoms with Crippen LogP contribution < -0.4 is 0 Å². The molecule has 4 atom stereocenters. The lowest BCUT2D eigenvalue weighted by Gasteiger charge is -2.38. The molecule has 4 heteroatoms. The van der Waals surface area contributed by atoms with Gasteiger partial charge in [-0.1, -0.05) is 6.42 Å². The maximum absolute atomic E-state index is 13.1. The van der Waals surface area contributed by atoms with Gasteiger partial charge in [0.05, 0.1) is 19.3 Å². The molecule has 2 heterocycles. The third-order valence-corrected chi connectivity index (χ3v) is 5.79. The van der Waals surface area contributed by atoms with Crippen LogP contribution >= 0.6 is 0 Å². The highest BCUT2D eigenvalue weighted by molar-refractivity contribution is 5.80. The quantitative estimate of drug-likeness (QED) is 0.837. The van der Waals surface area contributed by atoms with Crippen molar-refractivity contribution in [3.63, 3.8) is 0 Å². The summed E-state index contributed by atoms with van der Waals surface area (Å²) in [6, 6.07) is 4.25. The average molecular weight is 288 g/mol. The van der Waals surface area contributed by atoms with Gasteiger partial charge in [0.1, 0.15) is 0 Å². The first kappa shape index (κ1) is 13.4. The number of hydrogen-bond acceptors (Lipinski definition) is 2. The first-order valence-electron chi connectivity index (χ1n) is 8.23. The van der Waals surface area contributed by atoms with Crippen molar-refractivity contribution in [3.8, 4) is 0 Å². The van der Waals surface area contributed by atoms with Gasteiger partial charge in [0, 0.05) is 31.4 Å².